The Morgan fingerprint density at radius 1 is 0.842 bits per heavy atom. The minimum Gasteiger partial charge on any atom is -0.369 e. The van der Waals surface area contributed by atoms with E-state index in [4.69, 9.17) is 11.1 Å². The van der Waals surface area contributed by atoms with Crippen LogP contribution in [0.1, 0.15) is 68.2 Å². The van der Waals surface area contributed by atoms with Gasteiger partial charge in [0.25, 0.3) is 11.1 Å². The molecule has 0 bridgehead atoms. The van der Waals surface area contributed by atoms with Gasteiger partial charge in [0.15, 0.2) is 0 Å². The highest BCUT2D eigenvalue weighted by atomic mass is 19.1. The number of nitrogens with two attached hydrogens (primary N) is 1. The van der Waals surface area contributed by atoms with E-state index in [0.29, 0.717) is 77.4 Å². The number of aryl methyl sites for hydroxylation is 2. The van der Waals surface area contributed by atoms with Gasteiger partial charge in [0, 0.05) is 62.0 Å². The molecule has 0 radical (unpaired) electrons. The van der Waals surface area contributed by atoms with Crippen LogP contribution in [0, 0.1) is 65.9 Å². The van der Waals surface area contributed by atoms with E-state index in [-0.39, 0.29) is 46.7 Å². The van der Waals surface area contributed by atoms with Gasteiger partial charge in [0.1, 0.15) is 11.6 Å². The van der Waals surface area contributed by atoms with Gasteiger partial charge in [-0.2, -0.15) is 15.2 Å². The zero-order valence-corrected chi connectivity index (χ0v) is 32.7. The number of fused-ring (bicyclic) bond motifs is 2. The van der Waals surface area contributed by atoms with E-state index in [1.165, 1.54) is 12.1 Å². The molecule has 4 heterocycles. The van der Waals surface area contributed by atoms with Crippen molar-refractivity contribution in [1.29, 1.82) is 10.5 Å². The highest BCUT2D eigenvalue weighted by Gasteiger charge is 2.36. The molecule has 0 amide bonds. The lowest BCUT2D eigenvalue weighted by Crippen LogP contribution is -2.44. The Morgan fingerprint density at radius 3 is 1.93 bits per heavy atom. The van der Waals surface area contributed by atoms with Gasteiger partial charge >= 0.3 is 11.4 Å². The van der Waals surface area contributed by atoms with E-state index in [1.807, 2.05) is 23.9 Å². The lowest BCUT2D eigenvalue weighted by molar-refractivity contribution is 0.406. The van der Waals surface area contributed by atoms with Crippen molar-refractivity contribution >= 4 is 33.2 Å². The second-order valence-electron chi connectivity index (χ2n) is 15.9. The summed E-state index contributed by atoms with van der Waals surface area (Å²) in [6, 6.07) is 7.11. The number of nitriles is 2. The third-order valence-electron chi connectivity index (χ3n) is 12.3. The molecule has 2 aromatic carbocycles. The van der Waals surface area contributed by atoms with Crippen LogP contribution in [0.3, 0.4) is 0 Å². The van der Waals surface area contributed by atoms with Gasteiger partial charge in [-0.1, -0.05) is 0 Å². The summed E-state index contributed by atoms with van der Waals surface area (Å²) in [7, 11) is 3.65. The van der Waals surface area contributed by atoms with Crippen molar-refractivity contribution in [1.82, 2.24) is 29.4 Å². The summed E-state index contributed by atoms with van der Waals surface area (Å²) in [6.07, 6.45) is 5.48. The lowest BCUT2D eigenvalue weighted by atomic mass is 9.93. The van der Waals surface area contributed by atoms with Gasteiger partial charge in [0.05, 0.1) is 57.7 Å². The van der Waals surface area contributed by atoms with Crippen LogP contribution in [-0.4, -0.2) is 71.7 Å². The summed E-state index contributed by atoms with van der Waals surface area (Å²) < 4.78 is 34.0. The van der Waals surface area contributed by atoms with E-state index in [0.717, 1.165) is 38.5 Å². The van der Waals surface area contributed by atoms with E-state index < -0.39 is 34.1 Å². The number of nitrogen functional groups attached to an aromatic ring is 1. The van der Waals surface area contributed by atoms with Crippen LogP contribution in [-0.2, 0) is 0 Å². The molecule has 302 valence electrons. The zero-order valence-electron chi connectivity index (χ0n) is 32.7. The predicted octanol–water partition coefficient (Wildman–Crippen LogP) is 2.65. The Bertz CT molecular complexity index is 2560. The van der Waals surface area contributed by atoms with Gasteiger partial charge in [-0.3, -0.25) is 23.7 Å². The predicted molar refractivity (Wildman–Crippen MR) is 214 cm³/mol. The minimum absolute atomic E-state index is 0.00645. The fraction of sp³-hybridized carbons (Fsp3) is 0.550. The molecule has 2 aliphatic heterocycles. The van der Waals surface area contributed by atoms with E-state index in [9.17, 15) is 24.4 Å². The van der Waals surface area contributed by atoms with E-state index >= 15 is 8.78 Å². The maximum atomic E-state index is 15.2. The van der Waals surface area contributed by atoms with Gasteiger partial charge < -0.3 is 26.3 Å². The van der Waals surface area contributed by atoms with Gasteiger partial charge in [-0.25, -0.2) is 18.4 Å². The monoisotopic (exact) mass is 785 g/mol. The summed E-state index contributed by atoms with van der Waals surface area (Å²) in [5.41, 5.74) is 0.853. The fourth-order valence-electron chi connectivity index (χ4n) is 9.13. The van der Waals surface area contributed by atoms with Crippen molar-refractivity contribution in [2.75, 3.05) is 62.5 Å². The van der Waals surface area contributed by atoms with Crippen LogP contribution in [0.4, 0.5) is 20.2 Å². The highest BCUT2D eigenvalue weighted by molar-refractivity contribution is 5.88. The van der Waals surface area contributed by atoms with Gasteiger partial charge in [0.2, 0.25) is 0 Å². The Hall–Kier alpha value is -5.52. The number of nitrogens with one attached hydrogen (secondary N) is 3. The molecule has 2 aliphatic carbocycles. The molecule has 4 aromatic rings. The largest absolute Gasteiger partial charge is 0.369 e. The van der Waals surface area contributed by atoms with Crippen molar-refractivity contribution in [2.24, 2.45) is 17.8 Å². The average Bonchev–Trinajstić information content (AvgIpc) is 4.11. The molecule has 57 heavy (non-hydrogen) atoms. The molecule has 15 nitrogen and oxygen atoms in total. The van der Waals surface area contributed by atoms with Crippen LogP contribution in [0.15, 0.2) is 31.3 Å². The summed E-state index contributed by atoms with van der Waals surface area (Å²) >= 11 is 0. The molecule has 4 unspecified atom stereocenters. The van der Waals surface area contributed by atoms with Crippen LogP contribution < -0.4 is 48.8 Å². The number of hydrogen-bond acceptors (Lipinski definition) is 11. The van der Waals surface area contributed by atoms with Crippen molar-refractivity contribution in [2.45, 2.75) is 76.9 Å². The number of rotatable bonds is 10. The number of halogens is 2. The Balaban J connectivity index is 0.000000174. The maximum absolute atomic E-state index is 15.2. The average molecular weight is 786 g/mol. The Morgan fingerprint density at radius 2 is 1.39 bits per heavy atom. The first-order valence-corrected chi connectivity index (χ1v) is 19.7. The zero-order chi connectivity index (χ0) is 40.9. The molecular formula is C40H49F2N11O4. The molecule has 4 aliphatic rings. The molecule has 8 rings (SSSR count). The normalized spacial score (nSPS) is 20.4. The van der Waals surface area contributed by atoms with Crippen molar-refractivity contribution in [3.8, 4) is 12.1 Å². The smallest absolute Gasteiger partial charge is 0.350 e. The first-order chi connectivity index (χ1) is 27.3. The van der Waals surface area contributed by atoms with Crippen molar-refractivity contribution in [3.05, 3.63) is 76.6 Å². The number of benzene rings is 2. The topological polar surface area (TPSA) is 203 Å². The second-order valence-corrected chi connectivity index (χ2v) is 15.9. The summed E-state index contributed by atoms with van der Waals surface area (Å²) in [6.45, 7) is 6.63. The third kappa shape index (κ3) is 7.19. The Labute approximate surface area is 327 Å². The quantitative estimate of drug-likeness (QED) is 0.172. The van der Waals surface area contributed by atoms with Crippen molar-refractivity contribution in [3.63, 3.8) is 0 Å². The van der Waals surface area contributed by atoms with Gasteiger partial charge in [-0.15, -0.1) is 0 Å². The number of anilines is 2. The molecule has 4 atom stereocenters. The molecular weight excluding hydrogens is 737 g/mol. The summed E-state index contributed by atoms with van der Waals surface area (Å²) in [4.78, 5) is 56.1. The number of nitrogens with zero attached hydrogens (tertiary/aromatic N) is 7. The molecule has 2 saturated heterocycles. The molecule has 4 fully saturated rings. The number of H-pyrrole nitrogens is 1. The first kappa shape index (κ1) is 39.7. The highest BCUT2D eigenvalue weighted by Crippen LogP contribution is 2.41. The summed E-state index contributed by atoms with van der Waals surface area (Å²) in [5.74, 6) is 4.96. The summed E-state index contributed by atoms with van der Waals surface area (Å²) in [5, 5.41) is 25.0. The third-order valence-corrected chi connectivity index (χ3v) is 12.3. The van der Waals surface area contributed by atoms with Crippen LogP contribution in [0.25, 0.3) is 21.8 Å². The SMILES string of the molecule is CNC(CC#N)C1CCN(c2c(F)cc3c(=O)n(N)c(=O)n(C4CC4)c3c2C)C1.CNCC(C#N)C1CCN(c2c(F)cc3c(=O)[nH]c(=O)n(C4CC4)c3c2C)C1. The van der Waals surface area contributed by atoms with Crippen molar-refractivity contribution < 1.29 is 8.78 Å². The Kier molecular flexibility index (Phi) is 11.0. The van der Waals surface area contributed by atoms with Crippen LogP contribution in [0.5, 0.6) is 0 Å². The number of hydrogen-bond donors (Lipinski definition) is 4. The minimum atomic E-state index is -0.681. The van der Waals surface area contributed by atoms with Gasteiger partial charge in [-0.05, 0) is 90.4 Å². The molecule has 0 spiro atoms. The second kappa shape index (κ2) is 15.8. The van der Waals surface area contributed by atoms with Crippen LogP contribution >= 0.6 is 0 Å². The van der Waals surface area contributed by atoms with Crippen LogP contribution in [0.2, 0.25) is 0 Å². The van der Waals surface area contributed by atoms with E-state index in [1.54, 1.807) is 23.0 Å². The molecule has 2 aromatic heterocycles. The standard InChI is InChI=1S/C20H25FN6O2.C20H24FN5O2/c1-11-17-14(19(28)27(23)20(29)26(17)13-3-4-13)9-15(21)18(11)25-8-6-12(10-25)16(24-2)5-7-22;1-11-17-15(19(27)24-20(28)26(17)14-3-4-14)7-16(21)18(11)25-6-5-12(10-25)13(8-22)9-23-2/h9,12-13,16,24H,3-6,8,10,23H2,1-2H3;7,12-14,23H,3-6,9-10H2,1-2H3,(H,24,27,28). The number of aromatic amines is 1. The maximum Gasteiger partial charge on any atom is 0.350 e. The first-order valence-electron chi connectivity index (χ1n) is 19.7. The number of aromatic nitrogens is 4. The fourth-order valence-corrected chi connectivity index (χ4v) is 9.13. The lowest BCUT2D eigenvalue weighted by Gasteiger charge is -2.25. The molecule has 17 heteroatoms. The molecule has 2 saturated carbocycles. The molecule has 5 N–H and O–H groups in total. The van der Waals surface area contributed by atoms with E-state index in [2.05, 4.69) is 27.8 Å².